The molecule has 2 aromatic rings. The molecule has 0 aliphatic carbocycles. The van der Waals surface area contributed by atoms with Crippen LogP contribution in [0.2, 0.25) is 0 Å². The Hall–Kier alpha value is -1.84. The summed E-state index contributed by atoms with van der Waals surface area (Å²) < 4.78 is 0. The molecule has 0 aliphatic heterocycles. The van der Waals surface area contributed by atoms with Crippen molar-refractivity contribution in [2.24, 2.45) is 0 Å². The summed E-state index contributed by atoms with van der Waals surface area (Å²) in [7, 11) is 0. The minimum atomic E-state index is -0.291. The van der Waals surface area contributed by atoms with Crippen molar-refractivity contribution in [3.63, 3.8) is 0 Å². The van der Waals surface area contributed by atoms with Crippen LogP contribution in [0.5, 0.6) is 0 Å². The smallest absolute Gasteiger partial charge is 0.347 e. The van der Waals surface area contributed by atoms with Gasteiger partial charge in [-0.1, -0.05) is 12.1 Å². The average Bonchev–Trinajstić information content (AvgIpc) is 2.30. The van der Waals surface area contributed by atoms with Crippen molar-refractivity contribution in [2.45, 2.75) is 13.8 Å². The number of aromatic amines is 1. The molecule has 16 heavy (non-hydrogen) atoms. The molecule has 4 nitrogen and oxygen atoms in total. The quantitative estimate of drug-likeness (QED) is 0.852. The molecule has 84 valence electrons. The third-order valence-corrected chi connectivity index (χ3v) is 2.68. The summed E-state index contributed by atoms with van der Waals surface area (Å²) in [5, 5.41) is 0.991. The van der Waals surface area contributed by atoms with Gasteiger partial charge in [0.1, 0.15) is 5.82 Å². The molecule has 0 saturated heterocycles. The highest BCUT2D eigenvalue weighted by molar-refractivity contribution is 5.89. The van der Waals surface area contributed by atoms with Crippen molar-refractivity contribution in [3.8, 4) is 0 Å². The molecule has 2 rings (SSSR count). The van der Waals surface area contributed by atoms with E-state index in [9.17, 15) is 4.79 Å². The van der Waals surface area contributed by atoms with Gasteiger partial charge in [0.05, 0.1) is 5.52 Å². The SMILES string of the molecule is CCN(CC)c1nc(=O)[nH]c2ccccc12. The number of benzene rings is 1. The van der Waals surface area contributed by atoms with Crippen molar-refractivity contribution in [1.29, 1.82) is 0 Å². The van der Waals surface area contributed by atoms with Crippen LogP contribution in [0, 0.1) is 0 Å². The van der Waals surface area contributed by atoms with E-state index in [0.29, 0.717) is 0 Å². The van der Waals surface area contributed by atoms with Crippen LogP contribution in [0.25, 0.3) is 10.9 Å². The van der Waals surface area contributed by atoms with Gasteiger partial charge in [-0.2, -0.15) is 4.98 Å². The molecule has 4 heteroatoms. The van der Waals surface area contributed by atoms with Gasteiger partial charge < -0.3 is 9.88 Å². The molecular weight excluding hydrogens is 202 g/mol. The number of rotatable bonds is 3. The molecule has 1 heterocycles. The number of hydrogen-bond donors (Lipinski definition) is 1. The number of anilines is 1. The number of aromatic nitrogens is 2. The Morgan fingerprint density at radius 1 is 1.25 bits per heavy atom. The van der Waals surface area contributed by atoms with Crippen LogP contribution in [0.3, 0.4) is 0 Å². The molecule has 0 aliphatic rings. The summed E-state index contributed by atoms with van der Waals surface area (Å²) in [5.41, 5.74) is 0.546. The lowest BCUT2D eigenvalue weighted by atomic mass is 10.2. The molecule has 0 unspecified atom stereocenters. The predicted octanol–water partition coefficient (Wildman–Crippen LogP) is 1.77. The van der Waals surface area contributed by atoms with Crippen molar-refractivity contribution in [1.82, 2.24) is 9.97 Å². The van der Waals surface area contributed by atoms with Crippen molar-refractivity contribution in [2.75, 3.05) is 18.0 Å². The summed E-state index contributed by atoms with van der Waals surface area (Å²) in [6, 6.07) is 7.73. The fourth-order valence-corrected chi connectivity index (χ4v) is 1.85. The van der Waals surface area contributed by atoms with E-state index in [-0.39, 0.29) is 5.69 Å². The van der Waals surface area contributed by atoms with E-state index in [1.165, 1.54) is 0 Å². The van der Waals surface area contributed by atoms with E-state index < -0.39 is 0 Å². The Labute approximate surface area is 93.9 Å². The summed E-state index contributed by atoms with van der Waals surface area (Å²) in [4.78, 5) is 20.3. The number of hydrogen-bond acceptors (Lipinski definition) is 3. The first-order chi connectivity index (χ1) is 7.76. The Balaban J connectivity index is 2.71. The molecular formula is C12H15N3O. The van der Waals surface area contributed by atoms with Gasteiger partial charge in [0.25, 0.3) is 0 Å². The largest absolute Gasteiger partial charge is 0.356 e. The second-order valence-electron chi connectivity index (χ2n) is 3.58. The van der Waals surface area contributed by atoms with Gasteiger partial charge in [-0.25, -0.2) is 4.79 Å². The molecule has 1 aromatic heterocycles. The molecule has 0 fully saturated rings. The van der Waals surface area contributed by atoms with Gasteiger partial charge in [0.15, 0.2) is 0 Å². The Bertz CT molecular complexity index is 543. The van der Waals surface area contributed by atoms with Crippen LogP contribution in [-0.4, -0.2) is 23.1 Å². The zero-order chi connectivity index (χ0) is 11.5. The third kappa shape index (κ3) is 1.78. The van der Waals surface area contributed by atoms with E-state index >= 15 is 0 Å². The van der Waals surface area contributed by atoms with E-state index in [4.69, 9.17) is 0 Å². The van der Waals surface area contributed by atoms with Gasteiger partial charge in [0, 0.05) is 18.5 Å². The lowest BCUT2D eigenvalue weighted by Gasteiger charge is -2.20. The van der Waals surface area contributed by atoms with E-state index in [0.717, 1.165) is 29.8 Å². The lowest BCUT2D eigenvalue weighted by Crippen LogP contribution is -2.26. The number of H-pyrrole nitrogens is 1. The number of nitrogens with one attached hydrogen (secondary N) is 1. The summed E-state index contributed by atoms with van der Waals surface area (Å²) in [6.45, 7) is 5.80. The maximum Gasteiger partial charge on any atom is 0.347 e. The first-order valence-electron chi connectivity index (χ1n) is 5.50. The number of nitrogens with zero attached hydrogens (tertiary/aromatic N) is 2. The molecule has 0 bridgehead atoms. The highest BCUT2D eigenvalue weighted by Crippen LogP contribution is 2.20. The van der Waals surface area contributed by atoms with Gasteiger partial charge in [0.2, 0.25) is 0 Å². The first-order valence-corrected chi connectivity index (χ1v) is 5.50. The number of para-hydroxylation sites is 1. The van der Waals surface area contributed by atoms with Crippen molar-refractivity contribution >= 4 is 16.7 Å². The normalized spacial score (nSPS) is 10.6. The monoisotopic (exact) mass is 217 g/mol. The predicted molar refractivity (Wildman–Crippen MR) is 65.9 cm³/mol. The van der Waals surface area contributed by atoms with Crippen LogP contribution < -0.4 is 10.6 Å². The second kappa shape index (κ2) is 4.35. The molecule has 1 N–H and O–H groups in total. The Morgan fingerprint density at radius 2 is 1.94 bits per heavy atom. The second-order valence-corrected chi connectivity index (χ2v) is 3.58. The maximum absolute atomic E-state index is 11.4. The van der Waals surface area contributed by atoms with Crippen LogP contribution in [0.4, 0.5) is 5.82 Å². The van der Waals surface area contributed by atoms with Crippen LogP contribution >= 0.6 is 0 Å². The van der Waals surface area contributed by atoms with Gasteiger partial charge in [-0.15, -0.1) is 0 Å². The van der Waals surface area contributed by atoms with E-state index in [2.05, 4.69) is 28.7 Å². The van der Waals surface area contributed by atoms with E-state index in [1.807, 2.05) is 24.3 Å². The fraction of sp³-hybridized carbons (Fsp3) is 0.333. The van der Waals surface area contributed by atoms with Crippen LogP contribution in [0.1, 0.15) is 13.8 Å². The topological polar surface area (TPSA) is 49.0 Å². The Morgan fingerprint density at radius 3 is 2.62 bits per heavy atom. The van der Waals surface area contributed by atoms with Gasteiger partial charge in [-0.05, 0) is 26.0 Å². The zero-order valence-electron chi connectivity index (χ0n) is 9.53. The van der Waals surface area contributed by atoms with E-state index in [1.54, 1.807) is 0 Å². The molecule has 1 aromatic carbocycles. The van der Waals surface area contributed by atoms with Gasteiger partial charge in [-0.3, -0.25) is 0 Å². The molecule has 0 atom stereocenters. The van der Waals surface area contributed by atoms with Crippen LogP contribution in [-0.2, 0) is 0 Å². The summed E-state index contributed by atoms with van der Waals surface area (Å²) in [5.74, 6) is 0.768. The van der Waals surface area contributed by atoms with Crippen molar-refractivity contribution < 1.29 is 0 Å². The molecule has 0 amide bonds. The minimum absolute atomic E-state index is 0.291. The average molecular weight is 217 g/mol. The van der Waals surface area contributed by atoms with Gasteiger partial charge >= 0.3 is 5.69 Å². The highest BCUT2D eigenvalue weighted by Gasteiger charge is 2.09. The molecule has 0 spiro atoms. The standard InChI is InChI=1S/C12H15N3O/c1-3-15(4-2)11-9-7-5-6-8-10(9)13-12(16)14-11/h5-8H,3-4H2,1-2H3,(H,13,14,16). The fourth-order valence-electron chi connectivity index (χ4n) is 1.85. The molecule has 0 saturated carbocycles. The highest BCUT2D eigenvalue weighted by atomic mass is 16.1. The zero-order valence-corrected chi connectivity index (χ0v) is 9.53. The lowest BCUT2D eigenvalue weighted by molar-refractivity contribution is 0.843. The Kier molecular flexibility index (Phi) is 2.90. The minimum Gasteiger partial charge on any atom is -0.356 e. The summed E-state index contributed by atoms with van der Waals surface area (Å²) >= 11 is 0. The summed E-state index contributed by atoms with van der Waals surface area (Å²) in [6.07, 6.45) is 0. The third-order valence-electron chi connectivity index (χ3n) is 2.68. The van der Waals surface area contributed by atoms with Crippen molar-refractivity contribution in [3.05, 3.63) is 34.7 Å². The number of fused-ring (bicyclic) bond motifs is 1. The molecule has 0 radical (unpaired) electrons. The van der Waals surface area contributed by atoms with Crippen LogP contribution in [0.15, 0.2) is 29.1 Å². The maximum atomic E-state index is 11.4. The first kappa shape index (κ1) is 10.7.